The van der Waals surface area contributed by atoms with Crippen molar-refractivity contribution in [1.29, 1.82) is 0 Å². The largest absolute Gasteiger partial charge is 0.478 e. The predicted octanol–water partition coefficient (Wildman–Crippen LogP) is 0.821. The number of carboxylic acid groups (broad SMARTS) is 1. The van der Waals surface area contributed by atoms with E-state index in [0.29, 0.717) is 24.1 Å². The van der Waals surface area contributed by atoms with Gasteiger partial charge in [0.25, 0.3) is 5.91 Å². The molecule has 1 unspecified atom stereocenters. The second kappa shape index (κ2) is 6.57. The number of thioether (sulfide) groups is 1. The van der Waals surface area contributed by atoms with E-state index in [1.165, 1.54) is 35.0 Å². The number of carbonyl (C=O) groups excluding carboxylic acids is 2. The monoisotopic (exact) mass is 335 g/mol. The molecule has 23 heavy (non-hydrogen) atoms. The fourth-order valence-electron chi connectivity index (χ4n) is 2.37. The molecule has 8 heteroatoms. The van der Waals surface area contributed by atoms with Crippen LogP contribution in [0.15, 0.2) is 18.3 Å². The molecular weight excluding hydrogens is 318 g/mol. The summed E-state index contributed by atoms with van der Waals surface area (Å²) in [5.74, 6) is -0.156. The van der Waals surface area contributed by atoms with Crippen molar-refractivity contribution < 1.29 is 19.5 Å². The number of aromatic carboxylic acids is 1. The maximum absolute atomic E-state index is 12.6. The average molecular weight is 335 g/mol. The highest BCUT2D eigenvalue weighted by molar-refractivity contribution is 7.99. The van der Waals surface area contributed by atoms with Crippen molar-refractivity contribution in [3.63, 3.8) is 0 Å². The maximum atomic E-state index is 12.6. The quantitative estimate of drug-likeness (QED) is 0.826. The highest BCUT2D eigenvalue weighted by Gasteiger charge is 2.36. The number of hydrogen-bond donors (Lipinski definition) is 2. The highest BCUT2D eigenvalue weighted by atomic mass is 32.2. The van der Waals surface area contributed by atoms with Crippen LogP contribution in [0.1, 0.15) is 33.7 Å². The van der Waals surface area contributed by atoms with Crippen molar-refractivity contribution in [3.05, 3.63) is 29.6 Å². The van der Waals surface area contributed by atoms with Crippen LogP contribution in [0.25, 0.3) is 0 Å². The van der Waals surface area contributed by atoms with Gasteiger partial charge >= 0.3 is 5.97 Å². The third kappa shape index (κ3) is 3.64. The summed E-state index contributed by atoms with van der Waals surface area (Å²) in [6.45, 7) is 0.661. The Morgan fingerprint density at radius 3 is 2.87 bits per heavy atom. The summed E-state index contributed by atoms with van der Waals surface area (Å²) in [7, 11) is 0. The molecule has 2 N–H and O–H groups in total. The zero-order valence-corrected chi connectivity index (χ0v) is 13.2. The fraction of sp³-hybridized carbons (Fsp3) is 0.467. The van der Waals surface area contributed by atoms with Gasteiger partial charge in [0.15, 0.2) is 0 Å². The van der Waals surface area contributed by atoms with Crippen LogP contribution >= 0.6 is 11.8 Å². The molecule has 122 valence electrons. The van der Waals surface area contributed by atoms with Crippen molar-refractivity contribution >= 4 is 29.5 Å². The molecule has 2 amide bonds. The first-order valence-corrected chi connectivity index (χ1v) is 8.57. The third-order valence-corrected chi connectivity index (χ3v) is 4.95. The lowest BCUT2D eigenvalue weighted by Crippen LogP contribution is -2.47. The van der Waals surface area contributed by atoms with E-state index in [2.05, 4.69) is 10.3 Å². The number of pyridine rings is 1. The smallest absolute Gasteiger partial charge is 0.335 e. The molecule has 2 fully saturated rings. The Kier molecular flexibility index (Phi) is 4.51. The second-order valence-electron chi connectivity index (χ2n) is 5.71. The Labute approximate surface area is 137 Å². The molecule has 1 saturated heterocycles. The lowest BCUT2D eigenvalue weighted by molar-refractivity contribution is -0.124. The Bertz CT molecular complexity index is 647. The molecule has 0 spiro atoms. The van der Waals surface area contributed by atoms with Crippen LogP contribution in [0.3, 0.4) is 0 Å². The summed E-state index contributed by atoms with van der Waals surface area (Å²) in [5, 5.41) is 11.9. The first kappa shape index (κ1) is 15.8. The van der Waals surface area contributed by atoms with Gasteiger partial charge in [0.05, 0.1) is 11.4 Å². The van der Waals surface area contributed by atoms with E-state index in [1.807, 2.05) is 0 Å². The number of aromatic nitrogens is 1. The molecule has 1 aliphatic carbocycles. The van der Waals surface area contributed by atoms with Crippen LogP contribution in [0.4, 0.5) is 0 Å². The molecule has 7 nitrogen and oxygen atoms in total. The van der Waals surface area contributed by atoms with Crippen molar-refractivity contribution in [1.82, 2.24) is 15.2 Å². The lowest BCUT2D eigenvalue weighted by atomic mass is 10.2. The molecule has 1 atom stereocenters. The summed E-state index contributed by atoms with van der Waals surface area (Å²) in [4.78, 5) is 41.2. The molecule has 1 aromatic rings. The number of hydrogen-bond acceptors (Lipinski definition) is 5. The summed E-state index contributed by atoms with van der Waals surface area (Å²) < 4.78 is 0. The molecule has 1 saturated carbocycles. The molecule has 2 aliphatic rings. The Balaban J connectivity index is 1.70. The minimum atomic E-state index is -1.11. The predicted molar refractivity (Wildman–Crippen MR) is 84.2 cm³/mol. The number of nitrogens with zero attached hydrogens (tertiary/aromatic N) is 2. The summed E-state index contributed by atoms with van der Waals surface area (Å²) in [5.41, 5.74) is 0.0531. The van der Waals surface area contributed by atoms with E-state index >= 15 is 0 Å². The van der Waals surface area contributed by atoms with Crippen molar-refractivity contribution in [2.75, 3.05) is 18.2 Å². The molecule has 1 aliphatic heterocycles. The van der Waals surface area contributed by atoms with Gasteiger partial charge in [0, 0.05) is 18.5 Å². The van der Waals surface area contributed by atoms with Crippen LogP contribution in [0.5, 0.6) is 0 Å². The number of carbonyl (C=O) groups is 3. The normalized spacial score (nSPS) is 20.3. The second-order valence-corrected chi connectivity index (χ2v) is 6.71. The van der Waals surface area contributed by atoms with E-state index in [9.17, 15) is 14.4 Å². The SMILES string of the molecule is O=C(O)c1ccnc(C(=O)N2CSCC2C(=O)NCC2CC2)c1. The van der Waals surface area contributed by atoms with E-state index < -0.39 is 17.9 Å². The third-order valence-electron chi connectivity index (χ3n) is 3.93. The van der Waals surface area contributed by atoms with E-state index in [0.717, 1.165) is 12.8 Å². The highest BCUT2D eigenvalue weighted by Crippen LogP contribution is 2.28. The van der Waals surface area contributed by atoms with Gasteiger partial charge in [-0.15, -0.1) is 11.8 Å². The van der Waals surface area contributed by atoms with E-state index in [4.69, 9.17) is 5.11 Å². The minimum absolute atomic E-state index is 0.00457. The lowest BCUT2D eigenvalue weighted by Gasteiger charge is -2.22. The molecule has 3 rings (SSSR count). The molecule has 2 heterocycles. The molecule has 0 aromatic carbocycles. The van der Waals surface area contributed by atoms with Gasteiger partial charge in [-0.25, -0.2) is 4.79 Å². The van der Waals surface area contributed by atoms with Crippen molar-refractivity contribution in [2.24, 2.45) is 5.92 Å². The Morgan fingerprint density at radius 1 is 1.39 bits per heavy atom. The zero-order valence-electron chi connectivity index (χ0n) is 12.4. The van der Waals surface area contributed by atoms with Crippen LogP contribution in [0, 0.1) is 5.92 Å². The fourth-order valence-corrected chi connectivity index (χ4v) is 3.53. The summed E-state index contributed by atoms with van der Waals surface area (Å²) in [6, 6.07) is 2.05. The number of amides is 2. The van der Waals surface area contributed by atoms with Crippen molar-refractivity contribution in [3.8, 4) is 0 Å². The maximum Gasteiger partial charge on any atom is 0.335 e. The van der Waals surface area contributed by atoms with Gasteiger partial charge in [-0.05, 0) is 30.9 Å². The van der Waals surface area contributed by atoms with Crippen LogP contribution in [-0.4, -0.2) is 57.0 Å². The van der Waals surface area contributed by atoms with Crippen LogP contribution < -0.4 is 5.32 Å². The van der Waals surface area contributed by atoms with Gasteiger partial charge in [-0.1, -0.05) is 0 Å². The average Bonchev–Trinajstić information content (AvgIpc) is 3.26. The Morgan fingerprint density at radius 2 is 2.17 bits per heavy atom. The van der Waals surface area contributed by atoms with Gasteiger partial charge in [-0.3, -0.25) is 14.6 Å². The summed E-state index contributed by atoms with van der Waals surface area (Å²) in [6.07, 6.45) is 3.59. The van der Waals surface area contributed by atoms with Gasteiger partial charge in [0.1, 0.15) is 11.7 Å². The molecule has 0 radical (unpaired) electrons. The van der Waals surface area contributed by atoms with Crippen LogP contribution in [-0.2, 0) is 4.79 Å². The molecule has 0 bridgehead atoms. The molecule has 1 aromatic heterocycles. The van der Waals surface area contributed by atoms with E-state index in [1.54, 1.807) is 0 Å². The summed E-state index contributed by atoms with van der Waals surface area (Å²) >= 11 is 1.50. The van der Waals surface area contributed by atoms with E-state index in [-0.39, 0.29) is 17.2 Å². The Hall–Kier alpha value is -2.09. The van der Waals surface area contributed by atoms with Crippen molar-refractivity contribution in [2.45, 2.75) is 18.9 Å². The van der Waals surface area contributed by atoms with Crippen LogP contribution in [0.2, 0.25) is 0 Å². The van der Waals surface area contributed by atoms with Gasteiger partial charge in [-0.2, -0.15) is 0 Å². The van der Waals surface area contributed by atoms with Gasteiger partial charge in [0.2, 0.25) is 5.91 Å². The standard InChI is InChI=1S/C15H17N3O4S/c19-13(17-6-9-1-2-9)12-7-23-8-18(12)14(20)11-5-10(15(21)22)3-4-16-11/h3-5,9,12H,1-2,6-8H2,(H,17,19)(H,21,22). The number of carboxylic acids is 1. The number of rotatable bonds is 5. The first-order chi connectivity index (χ1) is 11.1. The first-order valence-electron chi connectivity index (χ1n) is 7.42. The topological polar surface area (TPSA) is 99.6 Å². The van der Waals surface area contributed by atoms with Gasteiger partial charge < -0.3 is 15.3 Å². The number of nitrogens with one attached hydrogen (secondary N) is 1. The molecular formula is C15H17N3O4S. The zero-order chi connectivity index (χ0) is 16.4. The minimum Gasteiger partial charge on any atom is -0.478 e.